The molecule has 0 radical (unpaired) electrons. The Morgan fingerprint density at radius 1 is 0.364 bits per heavy atom. The summed E-state index contributed by atoms with van der Waals surface area (Å²) in [6.07, 6.45) is 0. The van der Waals surface area contributed by atoms with Gasteiger partial charge in [0.15, 0.2) is 0 Å². The number of fused-ring (bicyclic) bond motifs is 3. The Kier molecular flexibility index (Phi) is 33.7. The van der Waals surface area contributed by atoms with Crippen molar-refractivity contribution in [2.75, 3.05) is 19.0 Å². The topological polar surface area (TPSA) is 3.24 Å². The first-order chi connectivity index (χ1) is 21.7. The summed E-state index contributed by atoms with van der Waals surface area (Å²) in [5, 5.41) is 0. The quantitative estimate of drug-likeness (QED) is 0.199. The highest BCUT2D eigenvalue weighted by atomic mass is 15.1. The average Bonchev–Trinajstić information content (AvgIpc) is 3.47. The molecule has 0 aromatic heterocycles. The fraction of sp³-hybridized carbons (Fsp3) is 0.442. The van der Waals surface area contributed by atoms with Crippen molar-refractivity contribution in [3.05, 3.63) is 125 Å². The average molecular weight is 602 g/mol. The minimum Gasteiger partial charge on any atom is -0.377 e. The fourth-order valence-electron chi connectivity index (χ4n) is 4.85. The molecule has 5 rings (SSSR count). The normalized spacial score (nSPS) is 9.77. The molecule has 0 N–H and O–H groups in total. The van der Waals surface area contributed by atoms with Crippen molar-refractivity contribution in [1.82, 2.24) is 0 Å². The van der Waals surface area contributed by atoms with E-state index in [4.69, 9.17) is 0 Å². The van der Waals surface area contributed by atoms with Crippen LogP contribution in [0, 0.1) is 0 Å². The molecule has 0 bridgehead atoms. The lowest BCUT2D eigenvalue weighted by molar-refractivity contribution is 0.768. The van der Waals surface area contributed by atoms with Gasteiger partial charge in [0.05, 0.1) is 5.41 Å². The second-order valence-electron chi connectivity index (χ2n) is 7.62. The Balaban J connectivity index is -0.000000438. The van der Waals surface area contributed by atoms with Gasteiger partial charge in [-0.1, -0.05) is 208 Å². The molecule has 1 aliphatic rings. The Bertz CT molecular complexity index is 1090. The van der Waals surface area contributed by atoms with Gasteiger partial charge < -0.3 is 4.90 Å². The van der Waals surface area contributed by atoms with Crippen molar-refractivity contribution < 1.29 is 0 Å². The molecule has 0 atom stereocenters. The predicted molar refractivity (Wildman–Crippen MR) is 209 cm³/mol. The van der Waals surface area contributed by atoms with Crippen LogP contribution in [0.1, 0.15) is 133 Å². The molecule has 248 valence electrons. The minimum absolute atomic E-state index is 0.305. The van der Waals surface area contributed by atoms with E-state index in [2.05, 4.69) is 122 Å². The number of rotatable bonds is 3. The highest BCUT2D eigenvalue weighted by molar-refractivity contribution is 5.93. The van der Waals surface area contributed by atoms with Crippen LogP contribution in [0.4, 0.5) is 5.69 Å². The van der Waals surface area contributed by atoms with Crippen LogP contribution in [-0.4, -0.2) is 14.1 Å². The van der Waals surface area contributed by atoms with Gasteiger partial charge in [-0.05, 0) is 33.9 Å². The van der Waals surface area contributed by atoms with Crippen LogP contribution >= 0.6 is 0 Å². The van der Waals surface area contributed by atoms with E-state index < -0.39 is 0 Å². The molecular weight excluding hydrogens is 530 g/mol. The maximum atomic E-state index is 2.31. The summed E-state index contributed by atoms with van der Waals surface area (Å²) in [4.78, 5) is 2.22. The lowest BCUT2D eigenvalue weighted by Crippen LogP contribution is -2.28. The fourth-order valence-corrected chi connectivity index (χ4v) is 4.85. The van der Waals surface area contributed by atoms with Crippen LogP contribution < -0.4 is 4.90 Å². The Labute approximate surface area is 276 Å². The minimum atomic E-state index is -0.305. The predicted octanol–water partition coefficient (Wildman–Crippen LogP) is 14.3. The molecule has 0 unspecified atom stereocenters. The van der Waals surface area contributed by atoms with E-state index in [1.165, 1.54) is 39.1 Å². The van der Waals surface area contributed by atoms with Crippen molar-refractivity contribution in [3.63, 3.8) is 0 Å². The van der Waals surface area contributed by atoms with Crippen molar-refractivity contribution in [1.29, 1.82) is 0 Å². The molecule has 0 spiro atoms. The van der Waals surface area contributed by atoms with Gasteiger partial charge in [-0.2, -0.15) is 0 Å². The van der Waals surface area contributed by atoms with Crippen LogP contribution in [0.5, 0.6) is 0 Å². The van der Waals surface area contributed by atoms with E-state index in [1.54, 1.807) is 0 Å². The third-order valence-electron chi connectivity index (χ3n) is 5.94. The first-order valence-electron chi connectivity index (χ1n) is 17.8. The second kappa shape index (κ2) is 31.1. The third kappa shape index (κ3) is 11.3. The van der Waals surface area contributed by atoms with E-state index in [9.17, 15) is 0 Å². The SMILES string of the molecule is CC.CC.CC.CC.CC.CC.CC.CC.CN(C)c1cccc2c1-c1ccccc1C2(c1ccccc1)c1ccccc1. The highest BCUT2D eigenvalue weighted by Gasteiger charge is 2.46. The van der Waals surface area contributed by atoms with Crippen LogP contribution in [0.25, 0.3) is 11.1 Å². The molecule has 0 fully saturated rings. The zero-order chi connectivity index (χ0) is 35.1. The molecule has 1 heteroatoms. The molecular formula is C43H71N. The van der Waals surface area contributed by atoms with Crippen molar-refractivity contribution in [2.45, 2.75) is 116 Å². The Morgan fingerprint density at radius 2 is 0.705 bits per heavy atom. The van der Waals surface area contributed by atoms with Crippen molar-refractivity contribution in [2.24, 2.45) is 0 Å². The maximum absolute atomic E-state index is 2.31. The van der Waals surface area contributed by atoms with Crippen LogP contribution in [-0.2, 0) is 5.41 Å². The van der Waals surface area contributed by atoms with Crippen molar-refractivity contribution in [3.8, 4) is 11.1 Å². The molecule has 0 saturated carbocycles. The summed E-state index contributed by atoms with van der Waals surface area (Å²) in [7, 11) is 4.26. The molecule has 4 aromatic carbocycles. The zero-order valence-electron chi connectivity index (χ0n) is 32.3. The monoisotopic (exact) mass is 602 g/mol. The Hall–Kier alpha value is -3.32. The number of nitrogens with zero attached hydrogens (tertiary/aromatic N) is 1. The zero-order valence-corrected chi connectivity index (χ0v) is 32.3. The van der Waals surface area contributed by atoms with Gasteiger partial charge in [0.1, 0.15) is 0 Å². The summed E-state index contributed by atoms with van der Waals surface area (Å²) in [5.41, 5.74) is 8.96. The van der Waals surface area contributed by atoms with Crippen LogP contribution in [0.2, 0.25) is 0 Å². The Morgan fingerprint density at radius 3 is 1.09 bits per heavy atom. The largest absolute Gasteiger partial charge is 0.377 e. The smallest absolute Gasteiger partial charge is 0.0714 e. The van der Waals surface area contributed by atoms with Gasteiger partial charge in [0, 0.05) is 25.3 Å². The lowest BCUT2D eigenvalue weighted by Gasteiger charge is -2.34. The molecule has 0 aliphatic heterocycles. The number of anilines is 1. The van der Waals surface area contributed by atoms with Gasteiger partial charge in [0.2, 0.25) is 0 Å². The molecule has 4 aromatic rings. The van der Waals surface area contributed by atoms with E-state index in [0.29, 0.717) is 0 Å². The first-order valence-corrected chi connectivity index (χ1v) is 17.8. The maximum Gasteiger partial charge on any atom is 0.0714 e. The first kappa shape index (κ1) is 47.6. The van der Waals surface area contributed by atoms with Crippen LogP contribution in [0.15, 0.2) is 103 Å². The van der Waals surface area contributed by atoms with E-state index in [-0.39, 0.29) is 5.41 Å². The van der Waals surface area contributed by atoms with Gasteiger partial charge in [0.25, 0.3) is 0 Å². The molecule has 1 nitrogen and oxygen atoms in total. The van der Waals surface area contributed by atoms with E-state index in [1.807, 2.05) is 111 Å². The molecule has 0 saturated heterocycles. The number of hydrogen-bond acceptors (Lipinski definition) is 1. The van der Waals surface area contributed by atoms with Gasteiger partial charge in [-0.3, -0.25) is 0 Å². The highest BCUT2D eigenvalue weighted by Crippen LogP contribution is 2.58. The standard InChI is InChI=1S/C27H23N.8C2H6/c1-28(2)25-19-11-18-24-26(25)22-16-9-10-17-23(22)27(24,20-12-5-3-6-13-20)21-14-7-4-8-15-21;8*1-2/h3-19H,1-2H3;8*1-2H3. The lowest BCUT2D eigenvalue weighted by atomic mass is 9.68. The molecule has 0 amide bonds. The van der Waals surface area contributed by atoms with E-state index >= 15 is 0 Å². The summed E-state index contributed by atoms with van der Waals surface area (Å²) < 4.78 is 0. The molecule has 0 heterocycles. The van der Waals surface area contributed by atoms with Gasteiger partial charge in [-0.15, -0.1) is 0 Å². The molecule has 1 aliphatic carbocycles. The van der Waals surface area contributed by atoms with Gasteiger partial charge >= 0.3 is 0 Å². The van der Waals surface area contributed by atoms with Crippen molar-refractivity contribution >= 4 is 5.69 Å². The second-order valence-corrected chi connectivity index (χ2v) is 7.62. The summed E-state index contributed by atoms with van der Waals surface area (Å²) >= 11 is 0. The molecule has 44 heavy (non-hydrogen) atoms. The van der Waals surface area contributed by atoms with Crippen LogP contribution in [0.3, 0.4) is 0 Å². The van der Waals surface area contributed by atoms with E-state index in [0.717, 1.165) is 0 Å². The number of hydrogen-bond donors (Lipinski definition) is 0. The number of benzene rings is 4. The summed E-state index contributed by atoms with van der Waals surface area (Å²) in [6.45, 7) is 32.0. The summed E-state index contributed by atoms with van der Waals surface area (Å²) in [5.74, 6) is 0. The summed E-state index contributed by atoms with van der Waals surface area (Å²) in [6, 6.07) is 37.5. The van der Waals surface area contributed by atoms with Gasteiger partial charge in [-0.25, -0.2) is 0 Å². The third-order valence-corrected chi connectivity index (χ3v) is 5.94.